The van der Waals surface area contributed by atoms with Crippen LogP contribution >= 0.6 is 0 Å². The van der Waals surface area contributed by atoms with Gasteiger partial charge in [-0.05, 0) is 112 Å². The third kappa shape index (κ3) is 4.19. The van der Waals surface area contributed by atoms with Crippen molar-refractivity contribution in [2.45, 2.75) is 0 Å². The Kier molecular flexibility index (Phi) is 5.54. The Morgan fingerprint density at radius 2 is 0.936 bits per heavy atom. The van der Waals surface area contributed by atoms with Gasteiger partial charge in [-0.3, -0.25) is 4.98 Å². The van der Waals surface area contributed by atoms with Gasteiger partial charge < -0.3 is 13.7 Å². The van der Waals surface area contributed by atoms with E-state index in [1.165, 1.54) is 10.8 Å². The lowest BCUT2D eigenvalue weighted by Crippen LogP contribution is -2.09. The van der Waals surface area contributed by atoms with Crippen LogP contribution in [0.25, 0.3) is 76.5 Å². The molecule has 0 atom stereocenters. The van der Waals surface area contributed by atoms with Crippen LogP contribution in [-0.2, 0) is 0 Å². The van der Waals surface area contributed by atoms with Gasteiger partial charge in [-0.25, -0.2) is 0 Å². The van der Waals surface area contributed by atoms with Crippen molar-refractivity contribution in [1.82, 2.24) is 4.98 Å². The molecule has 0 saturated carbocycles. The van der Waals surface area contributed by atoms with Crippen LogP contribution in [0.5, 0.6) is 0 Å². The predicted molar refractivity (Wildman–Crippen MR) is 194 cm³/mol. The molecule has 0 radical (unpaired) electrons. The van der Waals surface area contributed by atoms with Crippen molar-refractivity contribution >= 4 is 82.5 Å². The van der Waals surface area contributed by atoms with Crippen molar-refractivity contribution in [2.24, 2.45) is 0 Å². The number of pyridine rings is 1. The van der Waals surface area contributed by atoms with Crippen molar-refractivity contribution in [1.29, 1.82) is 0 Å². The summed E-state index contributed by atoms with van der Waals surface area (Å²) < 4.78 is 12.5. The highest BCUT2D eigenvalue weighted by Crippen LogP contribution is 2.41. The largest absolute Gasteiger partial charge is 0.456 e. The smallest absolute Gasteiger partial charge is 0.136 e. The van der Waals surface area contributed by atoms with E-state index in [0.29, 0.717) is 0 Å². The summed E-state index contributed by atoms with van der Waals surface area (Å²) in [6.45, 7) is 0. The van der Waals surface area contributed by atoms with Gasteiger partial charge >= 0.3 is 0 Å². The lowest BCUT2D eigenvalue weighted by molar-refractivity contribution is 0.669. The number of hydrogen-bond donors (Lipinski definition) is 0. The molecule has 4 heteroatoms. The zero-order valence-electron chi connectivity index (χ0n) is 25.2. The Bertz CT molecular complexity index is 2640. The molecule has 10 aromatic rings. The summed E-state index contributed by atoms with van der Waals surface area (Å²) in [7, 11) is 0. The molecule has 0 saturated heterocycles. The standard InChI is InChI=1S/C43H26N2O2/c1-3-9-40-36(7-1)38-22-28-13-17-34(20-31(28)24-42(38)46-40)45(33-15-11-27(12-16-33)30-6-5-19-44-26-30)35-18-14-29-23-39-37-8-2-4-10-41(37)47-43(39)25-32(29)21-35/h1-26H. The Hall–Kier alpha value is -6.39. The number of rotatable bonds is 4. The van der Waals surface area contributed by atoms with Crippen LogP contribution in [0.4, 0.5) is 17.1 Å². The van der Waals surface area contributed by atoms with Crippen molar-refractivity contribution in [2.75, 3.05) is 4.90 Å². The van der Waals surface area contributed by atoms with Crippen molar-refractivity contribution in [3.8, 4) is 11.1 Å². The third-order valence-electron chi connectivity index (χ3n) is 9.28. The van der Waals surface area contributed by atoms with Gasteiger partial charge in [-0.2, -0.15) is 0 Å². The first-order valence-corrected chi connectivity index (χ1v) is 15.8. The van der Waals surface area contributed by atoms with Crippen LogP contribution < -0.4 is 4.90 Å². The number of nitrogens with zero attached hydrogens (tertiary/aromatic N) is 2. The van der Waals surface area contributed by atoms with Gasteiger partial charge in [-0.15, -0.1) is 0 Å². The van der Waals surface area contributed by atoms with Crippen molar-refractivity contribution in [3.63, 3.8) is 0 Å². The lowest BCUT2D eigenvalue weighted by atomic mass is 10.0. The molecule has 47 heavy (non-hydrogen) atoms. The highest BCUT2D eigenvalue weighted by molar-refractivity contribution is 6.12. The average molecular weight is 603 g/mol. The number of hydrogen-bond acceptors (Lipinski definition) is 4. The van der Waals surface area contributed by atoms with Crippen LogP contribution in [0, 0.1) is 0 Å². The molecular weight excluding hydrogens is 576 g/mol. The molecule has 0 aliphatic carbocycles. The Morgan fingerprint density at radius 3 is 1.49 bits per heavy atom. The summed E-state index contributed by atoms with van der Waals surface area (Å²) in [5.74, 6) is 0. The van der Waals surface area contributed by atoms with Crippen LogP contribution in [0.1, 0.15) is 0 Å². The highest BCUT2D eigenvalue weighted by atomic mass is 16.3. The van der Waals surface area contributed by atoms with Gasteiger partial charge in [0.25, 0.3) is 0 Å². The molecule has 0 bridgehead atoms. The third-order valence-corrected chi connectivity index (χ3v) is 9.28. The first-order valence-electron chi connectivity index (χ1n) is 15.8. The molecular formula is C43H26N2O2. The number of aromatic nitrogens is 1. The SMILES string of the molecule is c1cncc(-c2ccc(N(c3ccc4cc5c(cc4c3)oc3ccccc35)c3ccc4cc5c(cc4c3)oc3ccccc35)cc2)c1. The maximum atomic E-state index is 6.26. The average Bonchev–Trinajstić information content (AvgIpc) is 3.67. The summed E-state index contributed by atoms with van der Waals surface area (Å²) >= 11 is 0. The lowest BCUT2D eigenvalue weighted by Gasteiger charge is -2.26. The summed E-state index contributed by atoms with van der Waals surface area (Å²) in [5.41, 5.74) is 8.99. The van der Waals surface area contributed by atoms with Crippen LogP contribution in [0.3, 0.4) is 0 Å². The maximum absolute atomic E-state index is 6.26. The highest BCUT2D eigenvalue weighted by Gasteiger charge is 2.17. The van der Waals surface area contributed by atoms with E-state index in [1.807, 2.05) is 36.5 Å². The number of para-hydroxylation sites is 2. The molecule has 0 N–H and O–H groups in total. The van der Waals surface area contributed by atoms with Gasteiger partial charge in [0.2, 0.25) is 0 Å². The molecule has 0 amide bonds. The van der Waals surface area contributed by atoms with E-state index in [4.69, 9.17) is 8.83 Å². The second kappa shape index (κ2) is 10.1. The van der Waals surface area contributed by atoms with E-state index in [9.17, 15) is 0 Å². The van der Waals surface area contributed by atoms with E-state index < -0.39 is 0 Å². The Labute approximate surface area is 269 Å². The van der Waals surface area contributed by atoms with Crippen LogP contribution in [-0.4, -0.2) is 4.98 Å². The topological polar surface area (TPSA) is 42.4 Å². The molecule has 10 rings (SSSR count). The monoisotopic (exact) mass is 602 g/mol. The predicted octanol–water partition coefficient (Wildman–Crippen LogP) is 12.3. The number of anilines is 3. The van der Waals surface area contributed by atoms with Gasteiger partial charge in [0.1, 0.15) is 22.3 Å². The number of benzene rings is 7. The fourth-order valence-electron chi connectivity index (χ4n) is 6.97. The molecule has 0 aliphatic heterocycles. The molecule has 7 aromatic carbocycles. The zero-order valence-corrected chi connectivity index (χ0v) is 25.2. The van der Waals surface area contributed by atoms with E-state index >= 15 is 0 Å². The number of fused-ring (bicyclic) bond motifs is 8. The minimum absolute atomic E-state index is 0.892. The van der Waals surface area contributed by atoms with E-state index in [1.54, 1.807) is 6.20 Å². The second-order valence-corrected chi connectivity index (χ2v) is 12.1. The van der Waals surface area contributed by atoms with Crippen molar-refractivity contribution in [3.05, 3.63) is 158 Å². The fraction of sp³-hybridized carbons (Fsp3) is 0. The maximum Gasteiger partial charge on any atom is 0.136 e. The molecule has 4 nitrogen and oxygen atoms in total. The molecule has 3 aromatic heterocycles. The van der Waals surface area contributed by atoms with Gasteiger partial charge in [-0.1, -0.05) is 66.7 Å². The van der Waals surface area contributed by atoms with E-state index in [-0.39, 0.29) is 0 Å². The Morgan fingerprint density at radius 1 is 0.383 bits per heavy atom. The first-order chi connectivity index (χ1) is 23.2. The first kappa shape index (κ1) is 25.9. The van der Waals surface area contributed by atoms with E-state index in [2.05, 4.69) is 125 Å². The number of furan rings is 2. The van der Waals surface area contributed by atoms with Gasteiger partial charge in [0.15, 0.2) is 0 Å². The normalized spacial score (nSPS) is 11.8. The van der Waals surface area contributed by atoms with E-state index in [0.717, 1.165) is 82.8 Å². The quantitative estimate of drug-likeness (QED) is 0.201. The van der Waals surface area contributed by atoms with Gasteiger partial charge in [0.05, 0.1) is 0 Å². The molecule has 0 unspecified atom stereocenters. The zero-order chi connectivity index (χ0) is 30.9. The molecule has 0 aliphatic rings. The molecule has 220 valence electrons. The van der Waals surface area contributed by atoms with Crippen LogP contribution in [0.15, 0.2) is 167 Å². The molecule has 0 spiro atoms. The molecule has 0 fully saturated rings. The minimum Gasteiger partial charge on any atom is -0.456 e. The summed E-state index contributed by atoms with van der Waals surface area (Å²) in [4.78, 5) is 6.63. The minimum atomic E-state index is 0.892. The fourth-order valence-corrected chi connectivity index (χ4v) is 6.97. The summed E-state index contributed by atoms with van der Waals surface area (Å²) in [6, 6.07) is 51.3. The van der Waals surface area contributed by atoms with Crippen LogP contribution in [0.2, 0.25) is 0 Å². The second-order valence-electron chi connectivity index (χ2n) is 12.1. The Balaban J connectivity index is 1.15. The summed E-state index contributed by atoms with van der Waals surface area (Å²) in [5, 5.41) is 9.13. The van der Waals surface area contributed by atoms with Crippen molar-refractivity contribution < 1.29 is 8.83 Å². The molecule has 3 heterocycles. The van der Waals surface area contributed by atoms with Gasteiger partial charge in [0, 0.05) is 51.0 Å². The summed E-state index contributed by atoms with van der Waals surface area (Å²) in [6.07, 6.45) is 3.70.